The van der Waals surface area contributed by atoms with Crippen LogP contribution >= 0.6 is 0 Å². The Labute approximate surface area is 283 Å². The van der Waals surface area contributed by atoms with Crippen LogP contribution in [-0.2, 0) is 0 Å². The lowest BCUT2D eigenvalue weighted by atomic mass is 9.72. The monoisotopic (exact) mass is 621 g/mol. The second kappa shape index (κ2) is 29.2. The van der Waals surface area contributed by atoms with Crippen molar-refractivity contribution >= 4 is 0 Å². The van der Waals surface area contributed by atoms with Gasteiger partial charge in [0.1, 0.15) is 0 Å². The van der Waals surface area contributed by atoms with Gasteiger partial charge in [0.25, 0.3) is 0 Å². The molecule has 0 heteroatoms. The third-order valence-electron chi connectivity index (χ3n) is 12.0. The smallest absolute Gasteiger partial charge is 0.0340 e. The molecule has 8 unspecified atom stereocenters. The summed E-state index contributed by atoms with van der Waals surface area (Å²) >= 11 is 0. The normalized spacial score (nSPS) is 21.8. The molecule has 1 aliphatic carbocycles. The maximum absolute atomic E-state index is 2.57. The van der Waals surface area contributed by atoms with E-state index in [2.05, 4.69) is 90.0 Å². The molecule has 1 rings (SSSR count). The predicted molar refractivity (Wildman–Crippen MR) is 207 cm³/mol. The molecular formula is C44H92. The molecule has 0 N–H and O–H groups in total. The van der Waals surface area contributed by atoms with Crippen LogP contribution in [0.25, 0.3) is 0 Å². The third-order valence-corrected chi connectivity index (χ3v) is 12.0. The van der Waals surface area contributed by atoms with Crippen molar-refractivity contribution < 1.29 is 0 Å². The number of hydrogen-bond donors (Lipinski definition) is 0. The van der Waals surface area contributed by atoms with E-state index in [0.717, 1.165) is 65.1 Å². The minimum atomic E-state index is 0.835. The first-order valence-corrected chi connectivity index (χ1v) is 20.9. The van der Waals surface area contributed by atoms with Gasteiger partial charge in [-0.25, -0.2) is 0 Å². The summed E-state index contributed by atoms with van der Waals surface area (Å²) in [5.41, 5.74) is 0. The first-order valence-electron chi connectivity index (χ1n) is 20.9. The second-order valence-electron chi connectivity index (χ2n) is 16.5. The van der Waals surface area contributed by atoms with Gasteiger partial charge in [-0.3, -0.25) is 0 Å². The Kier molecular flexibility index (Phi) is 30.6. The van der Waals surface area contributed by atoms with Gasteiger partial charge in [0, 0.05) is 0 Å². The fourth-order valence-corrected chi connectivity index (χ4v) is 9.04. The van der Waals surface area contributed by atoms with Crippen molar-refractivity contribution in [3.8, 4) is 0 Å². The molecule has 0 saturated heterocycles. The lowest BCUT2D eigenvalue weighted by molar-refractivity contribution is 0.161. The van der Waals surface area contributed by atoms with Crippen molar-refractivity contribution in [2.24, 2.45) is 65.1 Å². The SMILES string of the molecule is CC.CCC(CC(C)C(C)C)C(C)C.CCCCCCCCC1CCC(CCC)C1CCCC(C)C(C(C)C)C(C)CCC. The Bertz CT molecular complexity index is 573. The average Bonchev–Trinajstić information content (AvgIpc) is 3.35. The molecule has 1 saturated carbocycles. The fraction of sp³-hybridized carbons (Fsp3) is 1.00. The molecule has 0 radical (unpaired) electrons. The van der Waals surface area contributed by atoms with Crippen molar-refractivity contribution in [3.05, 3.63) is 0 Å². The van der Waals surface area contributed by atoms with Gasteiger partial charge >= 0.3 is 0 Å². The zero-order chi connectivity index (χ0) is 34.1. The Morgan fingerprint density at radius 3 is 1.50 bits per heavy atom. The summed E-state index contributed by atoms with van der Waals surface area (Å²) in [5, 5.41) is 0. The summed E-state index contributed by atoms with van der Waals surface area (Å²) in [6.45, 7) is 35.2. The highest BCUT2D eigenvalue weighted by atomic mass is 14.4. The predicted octanol–water partition coefficient (Wildman–Crippen LogP) is 16.1. The van der Waals surface area contributed by atoms with Gasteiger partial charge in [-0.1, -0.05) is 194 Å². The van der Waals surface area contributed by atoms with Crippen molar-refractivity contribution in [1.29, 1.82) is 0 Å². The maximum Gasteiger partial charge on any atom is -0.0340 e. The van der Waals surface area contributed by atoms with E-state index >= 15 is 0 Å². The summed E-state index contributed by atoms with van der Waals surface area (Å²) in [6.07, 6.45) is 26.3. The van der Waals surface area contributed by atoms with Crippen LogP contribution in [0.3, 0.4) is 0 Å². The van der Waals surface area contributed by atoms with E-state index in [1.165, 1.54) is 109 Å². The second-order valence-corrected chi connectivity index (χ2v) is 16.5. The molecule has 1 aliphatic rings. The molecule has 268 valence electrons. The first-order chi connectivity index (χ1) is 20.9. The summed E-state index contributed by atoms with van der Waals surface area (Å²) in [4.78, 5) is 0. The van der Waals surface area contributed by atoms with Gasteiger partial charge < -0.3 is 0 Å². The van der Waals surface area contributed by atoms with Crippen molar-refractivity contribution in [2.75, 3.05) is 0 Å². The van der Waals surface area contributed by atoms with Crippen molar-refractivity contribution in [2.45, 2.75) is 219 Å². The molecule has 0 nitrogen and oxygen atoms in total. The standard InChI is InChI=1S/C30H60.C12H26.C2H6/c1-8-11-12-13-14-15-20-28-23-22-27(18-10-3)29(28)21-16-19-26(7)30(24(4)5)25(6)17-9-2;1-7-12(10(4)5)8-11(6)9(2)3;1-2/h24-30H,8-23H2,1-7H3;9-12H,7-8H2,1-6H3;1-2H3. The zero-order valence-electron chi connectivity index (χ0n) is 34.1. The van der Waals surface area contributed by atoms with E-state index in [1.54, 1.807) is 6.42 Å². The van der Waals surface area contributed by atoms with Crippen LogP contribution in [0, 0.1) is 65.1 Å². The van der Waals surface area contributed by atoms with Crippen LogP contribution in [0.4, 0.5) is 0 Å². The Balaban J connectivity index is 0. The highest BCUT2D eigenvalue weighted by molar-refractivity contribution is 4.85. The van der Waals surface area contributed by atoms with E-state index in [9.17, 15) is 0 Å². The average molecular weight is 621 g/mol. The molecule has 0 aliphatic heterocycles. The van der Waals surface area contributed by atoms with Gasteiger partial charge in [-0.2, -0.15) is 0 Å². The van der Waals surface area contributed by atoms with Gasteiger partial charge in [0.05, 0.1) is 0 Å². The van der Waals surface area contributed by atoms with Gasteiger partial charge in [-0.15, -0.1) is 0 Å². The molecule has 8 atom stereocenters. The van der Waals surface area contributed by atoms with Crippen LogP contribution in [0.2, 0.25) is 0 Å². The first kappa shape index (κ1) is 46.1. The molecule has 0 amide bonds. The van der Waals surface area contributed by atoms with Crippen molar-refractivity contribution in [3.63, 3.8) is 0 Å². The summed E-state index contributed by atoms with van der Waals surface area (Å²) < 4.78 is 0. The summed E-state index contributed by atoms with van der Waals surface area (Å²) in [6, 6.07) is 0. The third kappa shape index (κ3) is 20.3. The van der Waals surface area contributed by atoms with Crippen LogP contribution in [0.5, 0.6) is 0 Å². The van der Waals surface area contributed by atoms with Crippen LogP contribution in [-0.4, -0.2) is 0 Å². The summed E-state index contributed by atoms with van der Waals surface area (Å²) in [5.74, 6) is 10.2. The van der Waals surface area contributed by atoms with Crippen LogP contribution < -0.4 is 0 Å². The highest BCUT2D eigenvalue weighted by Crippen LogP contribution is 2.45. The van der Waals surface area contributed by atoms with Crippen molar-refractivity contribution in [1.82, 2.24) is 0 Å². The van der Waals surface area contributed by atoms with E-state index in [0.29, 0.717) is 0 Å². The minimum absolute atomic E-state index is 0.835. The Morgan fingerprint density at radius 1 is 0.477 bits per heavy atom. The number of rotatable bonds is 23. The largest absolute Gasteiger partial charge is 0.0683 e. The molecule has 0 aromatic heterocycles. The molecule has 0 aromatic carbocycles. The molecule has 1 fully saturated rings. The molecule has 0 heterocycles. The Morgan fingerprint density at radius 2 is 1.02 bits per heavy atom. The quantitative estimate of drug-likeness (QED) is 0.0997. The van der Waals surface area contributed by atoms with Crippen LogP contribution in [0.1, 0.15) is 219 Å². The fourth-order valence-electron chi connectivity index (χ4n) is 9.04. The van der Waals surface area contributed by atoms with Gasteiger partial charge in [0.15, 0.2) is 0 Å². The number of hydrogen-bond acceptors (Lipinski definition) is 0. The van der Waals surface area contributed by atoms with Gasteiger partial charge in [-0.05, 0) is 90.8 Å². The lowest BCUT2D eigenvalue weighted by Crippen LogP contribution is -2.25. The highest BCUT2D eigenvalue weighted by Gasteiger charge is 2.35. The summed E-state index contributed by atoms with van der Waals surface area (Å²) in [7, 11) is 0. The van der Waals surface area contributed by atoms with Crippen LogP contribution in [0.15, 0.2) is 0 Å². The zero-order valence-corrected chi connectivity index (χ0v) is 34.1. The molecule has 0 aromatic rings. The van der Waals surface area contributed by atoms with E-state index < -0.39 is 0 Å². The minimum Gasteiger partial charge on any atom is -0.0683 e. The molecular weight excluding hydrogens is 528 g/mol. The van der Waals surface area contributed by atoms with E-state index in [1.807, 2.05) is 13.8 Å². The topological polar surface area (TPSA) is 0 Å². The number of unbranched alkanes of at least 4 members (excludes halogenated alkanes) is 5. The molecule has 44 heavy (non-hydrogen) atoms. The Hall–Kier alpha value is 0. The lowest BCUT2D eigenvalue weighted by Gasteiger charge is -2.34. The maximum atomic E-state index is 2.57. The molecule has 0 bridgehead atoms. The van der Waals surface area contributed by atoms with Gasteiger partial charge in [0.2, 0.25) is 0 Å². The van der Waals surface area contributed by atoms with E-state index in [4.69, 9.17) is 0 Å². The molecule has 0 spiro atoms. The van der Waals surface area contributed by atoms with E-state index in [-0.39, 0.29) is 0 Å².